The summed E-state index contributed by atoms with van der Waals surface area (Å²) in [5.74, 6) is -0.517. The van der Waals surface area contributed by atoms with Gasteiger partial charge in [-0.15, -0.1) is 0 Å². The molecule has 2 N–H and O–H groups in total. The molecule has 0 aromatic heterocycles. The second-order valence-corrected chi connectivity index (χ2v) is 27.5. The van der Waals surface area contributed by atoms with Gasteiger partial charge in [-0.2, -0.15) is 0 Å². The van der Waals surface area contributed by atoms with E-state index in [4.69, 9.17) is 13.8 Å². The second-order valence-electron chi connectivity index (χ2n) is 26.1. The summed E-state index contributed by atoms with van der Waals surface area (Å²) in [6.07, 6.45) is 93.9. The van der Waals surface area contributed by atoms with Crippen LogP contribution in [0.2, 0.25) is 0 Å². The summed E-state index contributed by atoms with van der Waals surface area (Å²) in [5, 5.41) is 3.07. The summed E-state index contributed by atoms with van der Waals surface area (Å²) < 4.78 is 30.9. The van der Waals surface area contributed by atoms with Crippen LogP contribution in [0.15, 0.2) is 109 Å². The van der Waals surface area contributed by atoms with Crippen molar-refractivity contribution in [3.63, 3.8) is 0 Å². The van der Waals surface area contributed by atoms with Crippen molar-refractivity contribution in [3.05, 3.63) is 109 Å². The number of nitrogens with one attached hydrogen (secondary N) is 1. The zero-order chi connectivity index (χ0) is 64.9. The third-order valence-electron chi connectivity index (χ3n) is 16.2. The molecular formula is C79H142N2O7P+. The Morgan fingerprint density at radius 2 is 0.719 bits per heavy atom. The Morgan fingerprint density at radius 3 is 1.10 bits per heavy atom. The van der Waals surface area contributed by atoms with Gasteiger partial charge < -0.3 is 19.4 Å². The van der Waals surface area contributed by atoms with Crippen molar-refractivity contribution in [2.24, 2.45) is 0 Å². The molecule has 9 nitrogen and oxygen atoms in total. The number of carbonyl (C=O) groups is 2. The number of allylic oxidation sites excluding steroid dienone is 17. The van der Waals surface area contributed by atoms with Crippen molar-refractivity contribution < 1.29 is 37.3 Å². The van der Waals surface area contributed by atoms with E-state index in [1.54, 1.807) is 0 Å². The summed E-state index contributed by atoms with van der Waals surface area (Å²) in [5.41, 5.74) is 0. The highest BCUT2D eigenvalue weighted by atomic mass is 31.2. The molecule has 0 aliphatic heterocycles. The third-order valence-corrected chi connectivity index (χ3v) is 17.2. The minimum Gasteiger partial charge on any atom is -0.456 e. The fourth-order valence-corrected chi connectivity index (χ4v) is 11.2. The molecule has 0 fully saturated rings. The van der Waals surface area contributed by atoms with Crippen LogP contribution in [0, 0.1) is 0 Å². The fraction of sp³-hybridized carbons (Fsp3) is 0.747. The van der Waals surface area contributed by atoms with Gasteiger partial charge in [-0.25, -0.2) is 4.57 Å². The molecule has 0 aliphatic rings. The summed E-state index contributed by atoms with van der Waals surface area (Å²) in [7, 11) is 1.48. The molecule has 0 bridgehead atoms. The van der Waals surface area contributed by atoms with Gasteiger partial charge in [-0.3, -0.25) is 18.6 Å². The smallest absolute Gasteiger partial charge is 0.456 e. The van der Waals surface area contributed by atoms with Crippen LogP contribution in [-0.4, -0.2) is 74.3 Å². The van der Waals surface area contributed by atoms with Crippen molar-refractivity contribution in [3.8, 4) is 0 Å². The molecule has 1 amide bonds. The molecule has 89 heavy (non-hydrogen) atoms. The quantitative estimate of drug-likeness (QED) is 0.0205. The number of quaternary nitrogens is 1. The molecule has 514 valence electrons. The van der Waals surface area contributed by atoms with E-state index in [1.807, 2.05) is 33.3 Å². The van der Waals surface area contributed by atoms with Gasteiger partial charge in [0.05, 0.1) is 33.8 Å². The number of ether oxygens (including phenoxy) is 1. The Kier molecular flexibility index (Phi) is 65.0. The number of nitrogens with zero attached hydrogens (tertiary/aromatic N) is 1. The topological polar surface area (TPSA) is 111 Å². The predicted molar refractivity (Wildman–Crippen MR) is 387 cm³/mol. The summed E-state index contributed by atoms with van der Waals surface area (Å²) in [6.45, 7) is 6.89. The number of esters is 1. The van der Waals surface area contributed by atoms with Crippen LogP contribution in [0.5, 0.6) is 0 Å². The molecular weight excluding hydrogens is 1120 g/mol. The Labute approximate surface area is 551 Å². The molecule has 0 heterocycles. The van der Waals surface area contributed by atoms with Crippen LogP contribution in [-0.2, 0) is 27.9 Å². The van der Waals surface area contributed by atoms with Gasteiger partial charge in [0.15, 0.2) is 0 Å². The van der Waals surface area contributed by atoms with E-state index in [2.05, 4.69) is 123 Å². The number of carbonyl (C=O) groups excluding carboxylic acids is 2. The predicted octanol–water partition coefficient (Wildman–Crippen LogP) is 24.0. The number of hydrogen-bond donors (Lipinski definition) is 2. The van der Waals surface area contributed by atoms with E-state index >= 15 is 0 Å². The third kappa shape index (κ3) is 68.9. The first-order valence-corrected chi connectivity index (χ1v) is 38.7. The van der Waals surface area contributed by atoms with Gasteiger partial charge in [0, 0.05) is 12.8 Å². The van der Waals surface area contributed by atoms with Gasteiger partial charge in [0.1, 0.15) is 19.3 Å². The number of phosphoric ester groups is 1. The van der Waals surface area contributed by atoms with Crippen LogP contribution < -0.4 is 5.32 Å². The molecule has 3 unspecified atom stereocenters. The number of rotatable bonds is 67. The van der Waals surface area contributed by atoms with Crippen LogP contribution in [0.3, 0.4) is 0 Å². The highest BCUT2D eigenvalue weighted by molar-refractivity contribution is 7.47. The fourth-order valence-electron chi connectivity index (χ4n) is 10.5. The number of likely N-dealkylation sites (N-methyl/N-ethyl adjacent to an activating group) is 1. The Hall–Kier alpha value is -3.33. The highest BCUT2D eigenvalue weighted by Gasteiger charge is 2.30. The van der Waals surface area contributed by atoms with E-state index < -0.39 is 20.0 Å². The van der Waals surface area contributed by atoms with E-state index in [1.165, 1.54) is 167 Å². The Bertz CT molecular complexity index is 1890. The normalized spacial score (nSPS) is 14.1. The van der Waals surface area contributed by atoms with Crippen LogP contribution >= 0.6 is 7.82 Å². The molecule has 0 radical (unpaired) electrons. The van der Waals surface area contributed by atoms with Gasteiger partial charge in [-0.1, -0.05) is 310 Å². The summed E-state index contributed by atoms with van der Waals surface area (Å²) in [6, 6.07) is -0.864. The highest BCUT2D eigenvalue weighted by Crippen LogP contribution is 2.43. The lowest BCUT2D eigenvalue weighted by atomic mass is 10.0. The molecule has 0 saturated carbocycles. The van der Waals surface area contributed by atoms with E-state index in [0.717, 1.165) is 128 Å². The van der Waals surface area contributed by atoms with Crippen molar-refractivity contribution in [2.45, 2.75) is 341 Å². The Balaban J connectivity index is 5.09. The lowest BCUT2D eigenvalue weighted by Crippen LogP contribution is -2.47. The maximum atomic E-state index is 13.6. The molecule has 10 heteroatoms. The molecule has 0 rings (SSSR count). The average Bonchev–Trinajstić information content (AvgIpc) is 3.67. The summed E-state index contributed by atoms with van der Waals surface area (Å²) in [4.78, 5) is 38.0. The summed E-state index contributed by atoms with van der Waals surface area (Å²) >= 11 is 0. The second kappa shape index (κ2) is 67.6. The molecule has 0 aromatic carbocycles. The number of unbranched alkanes of at least 4 members (excludes halogenated alkanes) is 35. The van der Waals surface area contributed by atoms with Crippen molar-refractivity contribution in [1.29, 1.82) is 0 Å². The van der Waals surface area contributed by atoms with Gasteiger partial charge >= 0.3 is 13.8 Å². The van der Waals surface area contributed by atoms with Gasteiger partial charge in [-0.05, 0) is 115 Å². The lowest BCUT2D eigenvalue weighted by molar-refractivity contribution is -0.870. The van der Waals surface area contributed by atoms with Crippen molar-refractivity contribution in [1.82, 2.24) is 5.32 Å². The zero-order valence-corrected chi connectivity index (χ0v) is 59.8. The van der Waals surface area contributed by atoms with Gasteiger partial charge in [0.25, 0.3) is 0 Å². The first-order valence-electron chi connectivity index (χ1n) is 37.2. The largest absolute Gasteiger partial charge is 0.472 e. The van der Waals surface area contributed by atoms with E-state index in [9.17, 15) is 19.0 Å². The van der Waals surface area contributed by atoms with Gasteiger partial charge in [0.2, 0.25) is 5.91 Å². The monoisotopic (exact) mass is 1260 g/mol. The van der Waals surface area contributed by atoms with E-state index in [0.29, 0.717) is 17.4 Å². The van der Waals surface area contributed by atoms with E-state index in [-0.39, 0.29) is 31.5 Å². The maximum absolute atomic E-state index is 13.6. The van der Waals surface area contributed by atoms with Crippen molar-refractivity contribution >= 4 is 19.7 Å². The molecule has 0 aliphatic carbocycles. The lowest BCUT2D eigenvalue weighted by Gasteiger charge is -2.27. The SMILES string of the molecule is CC/C=C\C/C=C\C/C=C\C/C=C\C/C=C\C/C=C\CCCCCCCCC(=O)NC(COP(=O)(O)OCC[N+](C)(C)C)C(/C=C/CCCCCCCCCCCCC)OC(=O)CCCCCCCCCCCCCCCCC/C=C\C/C=C\CCCCC. The minimum atomic E-state index is -4.47. The number of amides is 1. The number of phosphoric acid groups is 1. The first kappa shape index (κ1) is 85.7. The minimum absolute atomic E-state index is 0.0330. The maximum Gasteiger partial charge on any atom is 0.472 e. The Morgan fingerprint density at radius 1 is 0.404 bits per heavy atom. The zero-order valence-electron chi connectivity index (χ0n) is 58.9. The van der Waals surface area contributed by atoms with Crippen LogP contribution in [0.1, 0.15) is 329 Å². The molecule has 0 spiro atoms. The van der Waals surface area contributed by atoms with Crippen LogP contribution in [0.25, 0.3) is 0 Å². The standard InChI is InChI=1S/C79H141N2O7P/c1-7-10-13-16-19-22-25-28-30-32-34-36-38-40-42-44-46-48-50-53-56-59-62-65-68-71-78(82)80-76(75-87-89(84,85)86-74-73-81(4,5)6)77(70-67-64-61-58-55-52-27-24-21-18-15-12-9-3)88-79(83)72-69-66-63-60-57-54-51-49-47-45-43-41-39-37-35-33-31-29-26-23-20-17-14-11-8-2/h10,13,19-20,22-23,28-31,34,36,40,42,46,48,67,70,76-77H,7-9,11-12,14-18,21,24-27,32-33,35,37-39,41,43-45,47,49-66,68-69,71-75H2,1-6H3,(H-,80,82,84,85)/p+1/b13-10-,22-19-,23-20-,30-28-,31-29-,36-34-,42-40-,48-46-,70-67+. The molecule has 3 atom stereocenters. The number of hydrogen-bond acceptors (Lipinski definition) is 6. The molecule has 0 aromatic rings. The first-order chi connectivity index (χ1) is 43.4. The van der Waals surface area contributed by atoms with Crippen molar-refractivity contribution in [2.75, 3.05) is 40.9 Å². The average molecular weight is 1260 g/mol. The molecule has 0 saturated heterocycles. The van der Waals surface area contributed by atoms with Crippen LogP contribution in [0.4, 0.5) is 0 Å².